The lowest BCUT2D eigenvalue weighted by atomic mass is 9.96. The quantitative estimate of drug-likeness (QED) is 0.277. The van der Waals surface area contributed by atoms with E-state index in [0.29, 0.717) is 23.3 Å². The van der Waals surface area contributed by atoms with Gasteiger partial charge in [-0.25, -0.2) is 13.8 Å². The number of halogens is 2. The molecule has 1 amide bonds. The molecule has 8 nitrogen and oxygen atoms in total. The van der Waals surface area contributed by atoms with Gasteiger partial charge in [-0.3, -0.25) is 4.79 Å². The molecule has 0 saturated heterocycles. The van der Waals surface area contributed by atoms with Crippen LogP contribution in [0.5, 0.6) is 5.88 Å². The molecule has 0 atom stereocenters. The summed E-state index contributed by atoms with van der Waals surface area (Å²) in [6, 6.07) is 6.78. The van der Waals surface area contributed by atoms with Crippen molar-refractivity contribution in [2.24, 2.45) is 5.73 Å². The molecule has 0 unspecified atom stereocenters. The number of aromatic nitrogens is 2. The molecule has 11 heteroatoms. The summed E-state index contributed by atoms with van der Waals surface area (Å²) >= 11 is 0.948. The predicted molar refractivity (Wildman–Crippen MR) is 137 cm³/mol. The van der Waals surface area contributed by atoms with E-state index < -0.39 is 23.1 Å². The summed E-state index contributed by atoms with van der Waals surface area (Å²) in [5.41, 5.74) is 4.46. The van der Waals surface area contributed by atoms with Crippen molar-refractivity contribution < 1.29 is 23.8 Å². The molecule has 0 saturated carbocycles. The Morgan fingerprint density at radius 1 is 1.22 bits per heavy atom. The number of fused-ring (bicyclic) bond motifs is 1. The molecule has 0 aliphatic rings. The van der Waals surface area contributed by atoms with Crippen LogP contribution in [0.4, 0.5) is 19.6 Å². The number of carbonyl (C=O) groups excluding carboxylic acids is 1. The van der Waals surface area contributed by atoms with Gasteiger partial charge in [0.15, 0.2) is 0 Å². The maximum absolute atomic E-state index is 14.9. The monoisotopic (exact) mass is 515 g/mol. The maximum Gasteiger partial charge on any atom is 0.251 e. The fourth-order valence-electron chi connectivity index (χ4n) is 3.74. The van der Waals surface area contributed by atoms with E-state index in [2.05, 4.69) is 10.3 Å². The molecule has 3 aromatic heterocycles. The molecule has 0 aliphatic carbocycles. The van der Waals surface area contributed by atoms with Gasteiger partial charge in [-0.15, -0.1) is 11.3 Å². The molecule has 0 aliphatic heterocycles. The number of thiophene rings is 1. The average molecular weight is 516 g/mol. The molecule has 1 aromatic carbocycles. The summed E-state index contributed by atoms with van der Waals surface area (Å²) in [5.74, 6) is -2.05. The number of likely N-dealkylation sites (N-methyl/N-ethyl adjacent to an activating group) is 1. The molecular weight excluding hydrogens is 488 g/mol. The summed E-state index contributed by atoms with van der Waals surface area (Å²) in [4.78, 5) is 18.8. The number of amides is 1. The number of benzene rings is 1. The molecular formula is C25H27F2N5O3S. The van der Waals surface area contributed by atoms with E-state index >= 15 is 0 Å². The molecule has 190 valence electrons. The SMILES string of the molecule is CN(C)CCn1cc2nc(Nc3sc(-c4c(F)cc(C(C)(C)O)cc4F)cc3C(N)=O)ccc2c1O. The van der Waals surface area contributed by atoms with E-state index in [1.165, 1.54) is 19.9 Å². The van der Waals surface area contributed by atoms with E-state index in [-0.39, 0.29) is 32.4 Å². The molecule has 0 radical (unpaired) electrons. The van der Waals surface area contributed by atoms with Crippen LogP contribution in [-0.4, -0.2) is 51.2 Å². The van der Waals surface area contributed by atoms with E-state index in [0.717, 1.165) is 30.0 Å². The number of anilines is 2. The second-order valence-corrected chi connectivity index (χ2v) is 10.3. The zero-order valence-electron chi connectivity index (χ0n) is 20.3. The number of nitrogens with zero attached hydrogens (tertiary/aromatic N) is 3. The molecule has 4 aromatic rings. The van der Waals surface area contributed by atoms with Crippen LogP contribution in [0.25, 0.3) is 21.3 Å². The van der Waals surface area contributed by atoms with Crippen LogP contribution in [-0.2, 0) is 12.1 Å². The van der Waals surface area contributed by atoms with Crippen LogP contribution in [0.2, 0.25) is 0 Å². The Bertz CT molecular complexity index is 1430. The van der Waals surface area contributed by atoms with Crippen LogP contribution < -0.4 is 11.1 Å². The van der Waals surface area contributed by atoms with Gasteiger partial charge in [-0.1, -0.05) is 0 Å². The van der Waals surface area contributed by atoms with Gasteiger partial charge in [0.05, 0.1) is 27.6 Å². The first-order valence-electron chi connectivity index (χ1n) is 11.1. The third-order valence-corrected chi connectivity index (χ3v) is 6.81. The second kappa shape index (κ2) is 9.49. The Labute approximate surface area is 210 Å². The van der Waals surface area contributed by atoms with E-state index in [1.54, 1.807) is 22.9 Å². The number of primary amides is 1. The molecule has 5 N–H and O–H groups in total. The van der Waals surface area contributed by atoms with Crippen molar-refractivity contribution in [3.8, 4) is 16.3 Å². The number of aromatic hydroxyl groups is 1. The number of carbonyl (C=O) groups is 1. The number of aliphatic hydroxyl groups is 1. The van der Waals surface area contributed by atoms with E-state index in [4.69, 9.17) is 5.73 Å². The van der Waals surface area contributed by atoms with Crippen molar-refractivity contribution in [2.45, 2.75) is 26.0 Å². The van der Waals surface area contributed by atoms with Crippen molar-refractivity contribution in [1.82, 2.24) is 14.5 Å². The van der Waals surface area contributed by atoms with Crippen LogP contribution >= 0.6 is 11.3 Å². The lowest BCUT2D eigenvalue weighted by Gasteiger charge is -2.18. The predicted octanol–water partition coefficient (Wildman–Crippen LogP) is 4.38. The summed E-state index contributed by atoms with van der Waals surface area (Å²) in [6.07, 6.45) is 1.73. The van der Waals surface area contributed by atoms with Gasteiger partial charge in [0.2, 0.25) is 5.88 Å². The first-order chi connectivity index (χ1) is 16.8. The van der Waals surface area contributed by atoms with Gasteiger partial charge in [0.25, 0.3) is 5.91 Å². The van der Waals surface area contributed by atoms with Crippen molar-refractivity contribution in [3.05, 3.63) is 59.3 Å². The second-order valence-electron chi connectivity index (χ2n) is 9.30. The Kier molecular flexibility index (Phi) is 6.74. The van der Waals surface area contributed by atoms with Crippen molar-refractivity contribution in [1.29, 1.82) is 0 Å². The van der Waals surface area contributed by atoms with E-state index in [9.17, 15) is 23.8 Å². The van der Waals surface area contributed by atoms with Gasteiger partial charge in [-0.05, 0) is 63.8 Å². The van der Waals surface area contributed by atoms with Gasteiger partial charge < -0.3 is 30.7 Å². The lowest BCUT2D eigenvalue weighted by Crippen LogP contribution is -2.17. The number of hydrogen-bond acceptors (Lipinski definition) is 7. The van der Waals surface area contributed by atoms with E-state index in [1.807, 2.05) is 19.0 Å². The number of rotatable bonds is 8. The highest BCUT2D eigenvalue weighted by Crippen LogP contribution is 2.40. The molecule has 36 heavy (non-hydrogen) atoms. The first kappa shape index (κ1) is 25.5. The third kappa shape index (κ3) is 5.03. The fourth-order valence-corrected chi connectivity index (χ4v) is 4.86. The summed E-state index contributed by atoms with van der Waals surface area (Å²) in [5, 5.41) is 24.4. The summed E-state index contributed by atoms with van der Waals surface area (Å²) in [6.45, 7) is 4.16. The molecule has 0 bridgehead atoms. The smallest absolute Gasteiger partial charge is 0.251 e. The zero-order valence-corrected chi connectivity index (χ0v) is 21.1. The van der Waals surface area contributed by atoms with Gasteiger partial charge in [0, 0.05) is 24.2 Å². The highest BCUT2D eigenvalue weighted by Gasteiger charge is 2.24. The minimum absolute atomic E-state index is 0.0497. The van der Waals surface area contributed by atoms with Crippen molar-refractivity contribution in [3.63, 3.8) is 0 Å². The maximum atomic E-state index is 14.9. The molecule has 4 rings (SSSR count). The third-order valence-electron chi connectivity index (χ3n) is 5.74. The summed E-state index contributed by atoms with van der Waals surface area (Å²) < 4.78 is 31.5. The standard InChI is InChI=1S/C25H27F2N5O3S/c1-25(2,35)13-9-16(26)21(17(27)10-13)19-11-15(22(28)33)23(36-19)30-20-6-5-14-18(29-20)12-32(24(14)34)8-7-31(3)4/h5-6,9-12,34-35H,7-8H2,1-4H3,(H2,28,33)(H,29,30). The lowest BCUT2D eigenvalue weighted by molar-refractivity contribution is 0.0778. The minimum atomic E-state index is -1.43. The minimum Gasteiger partial charge on any atom is -0.494 e. The Balaban J connectivity index is 1.70. The van der Waals surface area contributed by atoms with Crippen LogP contribution in [0.3, 0.4) is 0 Å². The largest absolute Gasteiger partial charge is 0.494 e. The molecule has 0 fully saturated rings. The number of hydrogen-bond donors (Lipinski definition) is 4. The van der Waals surface area contributed by atoms with Crippen LogP contribution in [0.1, 0.15) is 29.8 Å². The number of pyridine rings is 1. The number of nitrogens with one attached hydrogen (secondary N) is 1. The fraction of sp³-hybridized carbons (Fsp3) is 0.280. The van der Waals surface area contributed by atoms with Gasteiger partial charge in [-0.2, -0.15) is 0 Å². The first-order valence-corrected chi connectivity index (χ1v) is 11.9. The highest BCUT2D eigenvalue weighted by atomic mass is 32.1. The highest BCUT2D eigenvalue weighted by molar-refractivity contribution is 7.20. The molecule has 3 heterocycles. The van der Waals surface area contributed by atoms with Crippen molar-refractivity contribution in [2.75, 3.05) is 26.0 Å². The van der Waals surface area contributed by atoms with Crippen LogP contribution in [0, 0.1) is 11.6 Å². The Morgan fingerprint density at radius 3 is 2.47 bits per heavy atom. The Morgan fingerprint density at radius 2 is 1.89 bits per heavy atom. The summed E-state index contributed by atoms with van der Waals surface area (Å²) in [7, 11) is 3.87. The van der Waals surface area contributed by atoms with Gasteiger partial charge in [0.1, 0.15) is 22.5 Å². The normalized spacial score (nSPS) is 12.0. The Hall–Kier alpha value is -3.54. The average Bonchev–Trinajstić information content (AvgIpc) is 3.32. The number of nitrogens with two attached hydrogens (primary N) is 1. The van der Waals surface area contributed by atoms with Gasteiger partial charge >= 0.3 is 0 Å². The zero-order chi connectivity index (χ0) is 26.4. The van der Waals surface area contributed by atoms with Crippen molar-refractivity contribution >= 4 is 39.0 Å². The molecule has 0 spiro atoms. The topological polar surface area (TPSA) is 117 Å². The van der Waals surface area contributed by atoms with Crippen LogP contribution in [0.15, 0.2) is 36.5 Å².